The second-order valence-electron chi connectivity index (χ2n) is 15.9. The van der Waals surface area contributed by atoms with Crippen LogP contribution in [0, 0.1) is 0 Å². The van der Waals surface area contributed by atoms with Crippen molar-refractivity contribution in [2.75, 3.05) is 11.4 Å². The van der Waals surface area contributed by atoms with E-state index in [0.29, 0.717) is 0 Å². The van der Waals surface area contributed by atoms with E-state index in [0.717, 1.165) is 13.0 Å². The number of anilines is 2. The topological polar surface area (TPSA) is 18.0 Å². The minimum Gasteiger partial charge on any atom is -0.342 e. The second-order valence-corrected chi connectivity index (χ2v) is 15.9. The van der Waals surface area contributed by atoms with Crippen molar-refractivity contribution in [2.24, 2.45) is 0 Å². The zero-order valence-corrected chi connectivity index (χ0v) is 30.6. The molecule has 3 aliphatic heterocycles. The van der Waals surface area contributed by atoms with Crippen LogP contribution in [0.5, 0.6) is 0 Å². The fourth-order valence-corrected chi connectivity index (χ4v) is 11.3. The molecule has 5 heteroatoms. The summed E-state index contributed by atoms with van der Waals surface area (Å²) in [6, 6.07) is 61.4. The van der Waals surface area contributed by atoms with Crippen molar-refractivity contribution in [3.05, 3.63) is 169 Å². The first-order valence-corrected chi connectivity index (χ1v) is 20.0. The summed E-state index contributed by atoms with van der Waals surface area (Å²) in [5.74, 6) is 0. The normalized spacial score (nSPS) is 14.1. The third kappa shape index (κ3) is 3.41. The van der Waals surface area contributed by atoms with Crippen molar-refractivity contribution in [1.82, 2.24) is 13.7 Å². The minimum atomic E-state index is 0.155. The van der Waals surface area contributed by atoms with Crippen LogP contribution >= 0.6 is 0 Å². The Morgan fingerprint density at radius 1 is 0.411 bits per heavy atom. The third-order valence-corrected chi connectivity index (χ3v) is 13.3. The Morgan fingerprint density at radius 2 is 0.946 bits per heavy atom. The van der Waals surface area contributed by atoms with Crippen molar-refractivity contribution in [3.63, 3.8) is 0 Å². The molecular formula is C51H33BN4. The Hall–Kier alpha value is -6.98. The quantitative estimate of drug-likeness (QED) is 0.163. The lowest BCUT2D eigenvalue weighted by molar-refractivity contribution is 0.768. The molecule has 0 amide bonds. The fourth-order valence-electron chi connectivity index (χ4n) is 11.3. The van der Waals surface area contributed by atoms with Gasteiger partial charge in [-0.1, -0.05) is 115 Å². The van der Waals surface area contributed by atoms with E-state index in [1.807, 2.05) is 0 Å². The molecular weight excluding hydrogens is 679 g/mol. The molecule has 0 atom stereocenters. The Bertz CT molecular complexity index is 3520. The van der Waals surface area contributed by atoms with E-state index in [2.05, 4.69) is 182 Å². The average Bonchev–Trinajstić information content (AvgIpc) is 3.91. The first-order chi connectivity index (χ1) is 27.9. The van der Waals surface area contributed by atoms with E-state index in [-0.39, 0.29) is 6.71 Å². The van der Waals surface area contributed by atoms with Crippen LogP contribution in [0.2, 0.25) is 0 Å². The molecule has 56 heavy (non-hydrogen) atoms. The van der Waals surface area contributed by atoms with Crippen LogP contribution < -0.4 is 21.3 Å². The van der Waals surface area contributed by atoms with Crippen LogP contribution in [0.25, 0.3) is 82.5 Å². The minimum absolute atomic E-state index is 0.155. The van der Waals surface area contributed by atoms with E-state index >= 15 is 0 Å². The Labute approximate surface area is 323 Å². The van der Waals surface area contributed by atoms with Gasteiger partial charge in [-0.15, -0.1) is 0 Å². The third-order valence-electron chi connectivity index (χ3n) is 13.3. The first kappa shape index (κ1) is 29.4. The molecule has 8 aromatic carbocycles. The zero-order valence-electron chi connectivity index (χ0n) is 30.6. The van der Waals surface area contributed by atoms with Crippen molar-refractivity contribution >= 4 is 99.9 Å². The monoisotopic (exact) mass is 712 g/mol. The SMILES string of the molecule is c1ccc(-n2c3ccccc3c3c2c2c4cccc5c4n(c2c2c4ccccc4n(-c4ccccc4)c32)-c2cccc3c2B5c2cccc4c2N3CCC4)cc1. The molecule has 0 saturated heterocycles. The molecule has 14 rings (SSSR count). The van der Waals surface area contributed by atoms with E-state index in [4.69, 9.17) is 0 Å². The van der Waals surface area contributed by atoms with Gasteiger partial charge in [0, 0.05) is 72.8 Å². The number of aromatic nitrogens is 3. The number of rotatable bonds is 2. The largest absolute Gasteiger partial charge is 0.342 e. The number of para-hydroxylation sites is 6. The van der Waals surface area contributed by atoms with Gasteiger partial charge in [-0.05, 0) is 83.3 Å². The van der Waals surface area contributed by atoms with E-state index in [9.17, 15) is 0 Å². The van der Waals surface area contributed by atoms with Crippen molar-refractivity contribution in [3.8, 4) is 17.1 Å². The molecule has 3 aromatic heterocycles. The fraction of sp³-hybridized carbons (Fsp3) is 0.0588. The number of benzene rings is 8. The number of fused-ring (bicyclic) bond motifs is 16. The number of nitrogens with zero attached hydrogens (tertiary/aromatic N) is 4. The molecule has 0 fully saturated rings. The lowest BCUT2D eigenvalue weighted by Gasteiger charge is -2.43. The number of hydrogen-bond acceptors (Lipinski definition) is 1. The van der Waals surface area contributed by atoms with E-state index in [1.54, 1.807) is 0 Å². The Kier molecular flexibility index (Phi) is 5.46. The van der Waals surface area contributed by atoms with Crippen LogP contribution in [-0.4, -0.2) is 27.0 Å². The lowest BCUT2D eigenvalue weighted by atomic mass is 9.33. The van der Waals surface area contributed by atoms with Crippen LogP contribution in [-0.2, 0) is 6.42 Å². The molecule has 0 saturated carbocycles. The van der Waals surface area contributed by atoms with Gasteiger partial charge in [0.15, 0.2) is 0 Å². The van der Waals surface area contributed by atoms with Gasteiger partial charge in [0.1, 0.15) is 0 Å². The van der Waals surface area contributed by atoms with Crippen molar-refractivity contribution < 1.29 is 0 Å². The molecule has 0 spiro atoms. The predicted octanol–water partition coefficient (Wildman–Crippen LogP) is 10.2. The molecule has 0 N–H and O–H groups in total. The lowest BCUT2D eigenvalue weighted by Crippen LogP contribution is -2.61. The summed E-state index contributed by atoms with van der Waals surface area (Å²) < 4.78 is 7.77. The summed E-state index contributed by atoms with van der Waals surface area (Å²) in [6.07, 6.45) is 2.30. The van der Waals surface area contributed by atoms with Gasteiger partial charge in [0.2, 0.25) is 0 Å². The van der Waals surface area contributed by atoms with E-state index in [1.165, 1.54) is 122 Å². The molecule has 0 unspecified atom stereocenters. The standard InChI is InChI=1S/C51H33BN4/c1-3-17-32(18-4-1)54-40-27-10-8-22-35(40)44-49(54)43-34-21-7-9-26-39(34)55(33-19-5-2-6-20-33)50(43)45-36-23-12-25-38-48(36)56(51(44)45)42-29-13-28-41-46(42)52(38)37-24-11-15-31-16-14-30-53(41)47(31)37/h1-13,15,17-29H,14,16,30H2. The van der Waals surface area contributed by atoms with Gasteiger partial charge >= 0.3 is 0 Å². The molecule has 260 valence electrons. The summed E-state index contributed by atoms with van der Waals surface area (Å²) in [5.41, 5.74) is 19.7. The Balaban J connectivity index is 1.31. The summed E-state index contributed by atoms with van der Waals surface area (Å²) in [4.78, 5) is 2.64. The molecule has 4 nitrogen and oxygen atoms in total. The van der Waals surface area contributed by atoms with Crippen LogP contribution in [0.1, 0.15) is 12.0 Å². The van der Waals surface area contributed by atoms with Gasteiger partial charge in [0.05, 0.1) is 27.6 Å². The molecule has 0 bridgehead atoms. The maximum absolute atomic E-state index is 2.69. The second kappa shape index (κ2) is 10.4. The predicted molar refractivity (Wildman–Crippen MR) is 236 cm³/mol. The zero-order chi connectivity index (χ0) is 36.2. The van der Waals surface area contributed by atoms with Crippen molar-refractivity contribution in [2.45, 2.75) is 12.8 Å². The first-order valence-electron chi connectivity index (χ1n) is 20.0. The van der Waals surface area contributed by atoms with Gasteiger partial charge in [-0.2, -0.15) is 0 Å². The average molecular weight is 713 g/mol. The highest BCUT2D eigenvalue weighted by molar-refractivity contribution is 7.00. The highest BCUT2D eigenvalue weighted by atomic mass is 15.2. The van der Waals surface area contributed by atoms with E-state index < -0.39 is 0 Å². The van der Waals surface area contributed by atoms with Crippen LogP contribution in [0.15, 0.2) is 164 Å². The molecule has 0 aliphatic carbocycles. The highest BCUT2D eigenvalue weighted by Gasteiger charge is 2.43. The Morgan fingerprint density at radius 3 is 1.64 bits per heavy atom. The van der Waals surface area contributed by atoms with Crippen LogP contribution in [0.3, 0.4) is 0 Å². The summed E-state index contributed by atoms with van der Waals surface area (Å²) in [7, 11) is 0. The van der Waals surface area contributed by atoms with Gasteiger partial charge in [0.25, 0.3) is 6.71 Å². The molecule has 3 aliphatic rings. The van der Waals surface area contributed by atoms with Gasteiger partial charge < -0.3 is 18.6 Å². The molecule has 0 radical (unpaired) electrons. The smallest absolute Gasteiger partial charge is 0.252 e. The highest BCUT2D eigenvalue weighted by Crippen LogP contribution is 2.51. The van der Waals surface area contributed by atoms with Gasteiger partial charge in [-0.25, -0.2) is 0 Å². The molecule has 11 aromatic rings. The summed E-state index contributed by atoms with van der Waals surface area (Å²) in [6.45, 7) is 1.20. The number of hydrogen-bond donors (Lipinski definition) is 0. The molecule has 6 heterocycles. The summed E-state index contributed by atoms with van der Waals surface area (Å²) in [5, 5.41) is 7.75. The summed E-state index contributed by atoms with van der Waals surface area (Å²) >= 11 is 0. The number of aryl methyl sites for hydroxylation is 1. The van der Waals surface area contributed by atoms with Crippen LogP contribution in [0.4, 0.5) is 11.4 Å². The van der Waals surface area contributed by atoms with Gasteiger partial charge in [-0.3, -0.25) is 0 Å². The maximum Gasteiger partial charge on any atom is 0.252 e. The maximum atomic E-state index is 2.69. The van der Waals surface area contributed by atoms with Crippen molar-refractivity contribution in [1.29, 1.82) is 0 Å².